The third-order valence-corrected chi connectivity index (χ3v) is 2.20. The number of anilines is 2. The summed E-state index contributed by atoms with van der Waals surface area (Å²) in [5, 5.41) is 18.3. The van der Waals surface area contributed by atoms with Gasteiger partial charge in [0.2, 0.25) is 11.8 Å². The molecule has 1 heterocycles. The Morgan fingerprint density at radius 2 is 1.79 bits per heavy atom. The van der Waals surface area contributed by atoms with Gasteiger partial charge in [-0.15, -0.1) is 10.2 Å². The van der Waals surface area contributed by atoms with Gasteiger partial charge in [0.05, 0.1) is 6.42 Å². The zero-order valence-corrected chi connectivity index (χ0v) is 10.2. The van der Waals surface area contributed by atoms with Crippen molar-refractivity contribution >= 4 is 23.2 Å². The summed E-state index contributed by atoms with van der Waals surface area (Å²) in [5.74, 6) is -0.0602. The summed E-state index contributed by atoms with van der Waals surface area (Å²) in [6.45, 7) is 1.43. The predicted molar refractivity (Wildman–Crippen MR) is 67.3 cm³/mol. The largest absolute Gasteiger partial charge is 0.326 e. The quantitative estimate of drug-likeness (QED) is 0.733. The summed E-state index contributed by atoms with van der Waals surface area (Å²) in [7, 11) is 0. The van der Waals surface area contributed by atoms with Gasteiger partial charge >= 0.3 is 0 Å². The number of amides is 2. The molecule has 0 bridgehead atoms. The van der Waals surface area contributed by atoms with Crippen LogP contribution in [0.2, 0.25) is 0 Å². The van der Waals surface area contributed by atoms with Crippen molar-refractivity contribution in [3.8, 4) is 0 Å². The maximum atomic E-state index is 11.6. The average Bonchev–Trinajstić information content (AvgIpc) is 2.83. The summed E-state index contributed by atoms with van der Waals surface area (Å²) in [4.78, 5) is 22.5. The number of hydrogen-bond donors (Lipinski definition) is 3. The van der Waals surface area contributed by atoms with E-state index in [4.69, 9.17) is 0 Å². The number of hydrogen-bond acceptors (Lipinski definition) is 5. The Hall–Kier alpha value is -2.77. The number of nitrogens with zero attached hydrogens (tertiary/aromatic N) is 3. The van der Waals surface area contributed by atoms with E-state index in [1.165, 1.54) is 6.92 Å². The lowest BCUT2D eigenvalue weighted by atomic mass is 10.2. The smallest absolute Gasteiger partial charge is 0.232 e. The van der Waals surface area contributed by atoms with E-state index < -0.39 is 0 Å². The number of nitrogens with one attached hydrogen (secondary N) is 3. The van der Waals surface area contributed by atoms with E-state index in [1.807, 2.05) is 0 Å². The summed E-state index contributed by atoms with van der Waals surface area (Å²) < 4.78 is 0. The van der Waals surface area contributed by atoms with Crippen LogP contribution < -0.4 is 10.6 Å². The number of aromatic nitrogens is 4. The molecule has 8 nitrogen and oxygen atoms in total. The van der Waals surface area contributed by atoms with Gasteiger partial charge in [0.1, 0.15) is 0 Å². The molecule has 0 aliphatic heterocycles. The maximum absolute atomic E-state index is 11.6. The lowest BCUT2D eigenvalue weighted by Gasteiger charge is -2.05. The molecular weight excluding hydrogens is 248 g/mol. The van der Waals surface area contributed by atoms with Crippen LogP contribution in [0.3, 0.4) is 0 Å². The highest BCUT2D eigenvalue weighted by Gasteiger charge is 2.07. The maximum Gasteiger partial charge on any atom is 0.232 e. The van der Waals surface area contributed by atoms with E-state index in [0.717, 1.165) is 0 Å². The Morgan fingerprint density at radius 1 is 1.16 bits per heavy atom. The number of carbonyl (C=O) groups is 2. The number of carbonyl (C=O) groups excluding carboxylic acids is 2. The predicted octanol–water partition coefficient (Wildman–Crippen LogP) is 0.339. The first-order valence-electron chi connectivity index (χ1n) is 5.53. The van der Waals surface area contributed by atoms with Crippen LogP contribution in [-0.4, -0.2) is 32.4 Å². The second-order valence-electron chi connectivity index (χ2n) is 3.81. The molecule has 0 aliphatic carbocycles. The summed E-state index contributed by atoms with van der Waals surface area (Å²) in [6.07, 6.45) is 0.0456. The second kappa shape index (κ2) is 5.71. The van der Waals surface area contributed by atoms with Crippen LogP contribution in [0, 0.1) is 0 Å². The molecule has 1 aromatic carbocycles. The lowest BCUT2D eigenvalue weighted by Crippen LogP contribution is -2.15. The van der Waals surface area contributed by atoms with Gasteiger partial charge in [-0.3, -0.25) is 9.59 Å². The molecule has 2 rings (SSSR count). The standard InChI is InChI=1S/C11H12N6O2/c1-7(18)12-8-2-4-9(5-3-8)13-11(19)6-10-14-16-17-15-10/h2-5H,6H2,1H3,(H,12,18)(H,13,19)(H,14,15,16,17). The fraction of sp³-hybridized carbons (Fsp3) is 0.182. The van der Waals surface area contributed by atoms with E-state index in [0.29, 0.717) is 17.2 Å². The Balaban J connectivity index is 1.92. The van der Waals surface area contributed by atoms with Crippen molar-refractivity contribution < 1.29 is 9.59 Å². The van der Waals surface area contributed by atoms with Crippen LogP contribution in [0.15, 0.2) is 24.3 Å². The van der Waals surface area contributed by atoms with Crippen LogP contribution in [0.1, 0.15) is 12.7 Å². The highest BCUT2D eigenvalue weighted by atomic mass is 16.2. The normalized spacial score (nSPS) is 9.95. The first kappa shape index (κ1) is 12.7. The van der Waals surface area contributed by atoms with E-state index in [1.54, 1.807) is 24.3 Å². The van der Waals surface area contributed by atoms with Crippen LogP contribution in [0.5, 0.6) is 0 Å². The molecule has 1 aromatic heterocycles. The van der Waals surface area contributed by atoms with Crippen LogP contribution in [-0.2, 0) is 16.0 Å². The summed E-state index contributed by atoms with van der Waals surface area (Å²) in [5.41, 5.74) is 1.30. The topological polar surface area (TPSA) is 113 Å². The molecule has 0 unspecified atom stereocenters. The number of H-pyrrole nitrogens is 1. The van der Waals surface area contributed by atoms with Crippen LogP contribution >= 0.6 is 0 Å². The minimum atomic E-state index is -0.242. The third-order valence-electron chi connectivity index (χ3n) is 2.20. The average molecular weight is 260 g/mol. The Bertz CT molecular complexity index is 563. The molecule has 0 spiro atoms. The van der Waals surface area contributed by atoms with Gasteiger partial charge in [-0.2, -0.15) is 5.21 Å². The van der Waals surface area contributed by atoms with Gasteiger partial charge in [0, 0.05) is 18.3 Å². The van der Waals surface area contributed by atoms with Gasteiger partial charge in [-0.05, 0) is 24.3 Å². The Morgan fingerprint density at radius 3 is 2.32 bits per heavy atom. The van der Waals surface area contributed by atoms with E-state index >= 15 is 0 Å². The van der Waals surface area contributed by atoms with E-state index in [2.05, 4.69) is 31.3 Å². The highest BCUT2D eigenvalue weighted by Crippen LogP contribution is 2.13. The van der Waals surface area contributed by atoms with Crippen LogP contribution in [0.4, 0.5) is 11.4 Å². The van der Waals surface area contributed by atoms with Gasteiger partial charge in [0.15, 0.2) is 5.82 Å². The monoisotopic (exact) mass is 260 g/mol. The number of benzene rings is 1. The van der Waals surface area contributed by atoms with Gasteiger partial charge in [-0.1, -0.05) is 5.21 Å². The van der Waals surface area contributed by atoms with Crippen molar-refractivity contribution in [2.45, 2.75) is 13.3 Å². The summed E-state index contributed by atoms with van der Waals surface area (Å²) >= 11 is 0. The molecule has 0 fully saturated rings. The summed E-state index contributed by atoms with van der Waals surface area (Å²) in [6, 6.07) is 6.79. The molecule has 0 atom stereocenters. The Kier molecular flexibility index (Phi) is 3.81. The van der Waals surface area contributed by atoms with E-state index in [9.17, 15) is 9.59 Å². The molecule has 8 heteroatoms. The molecule has 2 aromatic rings. The molecule has 19 heavy (non-hydrogen) atoms. The molecule has 98 valence electrons. The first-order valence-corrected chi connectivity index (χ1v) is 5.53. The number of tetrazole rings is 1. The second-order valence-corrected chi connectivity index (χ2v) is 3.81. The van der Waals surface area contributed by atoms with E-state index in [-0.39, 0.29) is 18.2 Å². The fourth-order valence-corrected chi connectivity index (χ4v) is 1.45. The zero-order valence-electron chi connectivity index (χ0n) is 10.2. The lowest BCUT2D eigenvalue weighted by molar-refractivity contribution is -0.116. The van der Waals surface area contributed by atoms with Crippen molar-refractivity contribution in [1.29, 1.82) is 0 Å². The van der Waals surface area contributed by atoms with Crippen molar-refractivity contribution in [2.75, 3.05) is 10.6 Å². The number of aromatic amines is 1. The zero-order chi connectivity index (χ0) is 13.7. The molecular formula is C11H12N6O2. The van der Waals surface area contributed by atoms with Crippen molar-refractivity contribution in [3.63, 3.8) is 0 Å². The Labute approximate surface area is 108 Å². The molecule has 0 saturated heterocycles. The number of rotatable bonds is 4. The molecule has 0 radical (unpaired) electrons. The highest BCUT2D eigenvalue weighted by molar-refractivity contribution is 5.92. The van der Waals surface area contributed by atoms with Crippen LogP contribution in [0.25, 0.3) is 0 Å². The molecule has 0 aliphatic rings. The van der Waals surface area contributed by atoms with Crippen molar-refractivity contribution in [3.05, 3.63) is 30.1 Å². The minimum absolute atomic E-state index is 0.0456. The van der Waals surface area contributed by atoms with Crippen molar-refractivity contribution in [1.82, 2.24) is 20.6 Å². The van der Waals surface area contributed by atoms with Gasteiger partial charge < -0.3 is 10.6 Å². The van der Waals surface area contributed by atoms with Crippen molar-refractivity contribution in [2.24, 2.45) is 0 Å². The minimum Gasteiger partial charge on any atom is -0.326 e. The van der Waals surface area contributed by atoms with Gasteiger partial charge in [0.25, 0.3) is 0 Å². The molecule has 2 amide bonds. The molecule has 3 N–H and O–H groups in total. The fourth-order valence-electron chi connectivity index (χ4n) is 1.45. The first-order chi connectivity index (χ1) is 9.13. The SMILES string of the molecule is CC(=O)Nc1ccc(NC(=O)Cc2nn[nH]n2)cc1. The molecule has 0 saturated carbocycles. The third kappa shape index (κ3) is 3.87. The van der Waals surface area contributed by atoms with Gasteiger partial charge in [-0.25, -0.2) is 0 Å².